The Morgan fingerprint density at radius 3 is 2.60 bits per heavy atom. The lowest BCUT2D eigenvalue weighted by atomic mass is 9.94. The first kappa shape index (κ1) is 27.5. The van der Waals surface area contributed by atoms with Crippen molar-refractivity contribution >= 4 is 29.3 Å². The third-order valence-corrected chi connectivity index (χ3v) is 8.11. The van der Waals surface area contributed by atoms with Crippen molar-refractivity contribution in [3.8, 4) is 5.75 Å². The highest BCUT2D eigenvalue weighted by Crippen LogP contribution is 2.38. The van der Waals surface area contributed by atoms with E-state index in [2.05, 4.69) is 48.7 Å². The van der Waals surface area contributed by atoms with E-state index in [1.54, 1.807) is 11.8 Å². The van der Waals surface area contributed by atoms with Crippen molar-refractivity contribution in [1.29, 1.82) is 0 Å². The Kier molecular flexibility index (Phi) is 8.26. The van der Waals surface area contributed by atoms with Crippen molar-refractivity contribution in [2.24, 2.45) is 0 Å². The minimum absolute atomic E-state index is 0.182. The van der Waals surface area contributed by atoms with Gasteiger partial charge in [0.05, 0.1) is 5.57 Å². The summed E-state index contributed by atoms with van der Waals surface area (Å²) in [5, 5.41) is 12.0. The number of allylic oxidation sites excluding steroid dienone is 1. The molecule has 3 aromatic carbocycles. The molecule has 2 heterocycles. The van der Waals surface area contributed by atoms with E-state index in [-0.39, 0.29) is 5.91 Å². The van der Waals surface area contributed by atoms with Crippen LogP contribution in [0.3, 0.4) is 0 Å². The molecule has 1 unspecified atom stereocenters. The first-order valence-corrected chi connectivity index (χ1v) is 14.6. The SMILES string of the molecule is CCCSc1nc2n(n1)C(c1cccc(OCc3ccc(C)cc3)c1)C(C(=O)Nc1cccc(C)c1C)=C(C)N2. The molecule has 4 aromatic rings. The van der Waals surface area contributed by atoms with Gasteiger partial charge < -0.3 is 15.4 Å². The van der Waals surface area contributed by atoms with Crippen molar-refractivity contribution in [2.45, 2.75) is 58.8 Å². The van der Waals surface area contributed by atoms with Crippen LogP contribution >= 0.6 is 11.8 Å². The predicted octanol–water partition coefficient (Wildman–Crippen LogP) is 7.21. The number of hydrogen-bond donors (Lipinski definition) is 2. The van der Waals surface area contributed by atoms with Crippen LogP contribution in [0.2, 0.25) is 0 Å². The zero-order chi connectivity index (χ0) is 28.2. The molecule has 1 aliphatic heterocycles. The molecule has 206 valence electrons. The van der Waals surface area contributed by atoms with Gasteiger partial charge in [-0.2, -0.15) is 4.98 Å². The number of benzene rings is 3. The fraction of sp³-hybridized carbons (Fsp3) is 0.281. The lowest BCUT2D eigenvalue weighted by Crippen LogP contribution is -2.31. The van der Waals surface area contributed by atoms with Gasteiger partial charge in [0.15, 0.2) is 0 Å². The standard InChI is InChI=1S/C32H35N5O2S/c1-6-17-40-32-35-31-33-23(5)28(30(38)34-27-12-7-9-21(3)22(27)4)29(37(31)36-32)25-10-8-11-26(18-25)39-19-24-15-13-20(2)14-16-24/h7-16,18,29H,6,17,19H2,1-5H3,(H,34,38)(H,33,35,36). The van der Waals surface area contributed by atoms with E-state index >= 15 is 0 Å². The van der Waals surface area contributed by atoms with Crippen molar-refractivity contribution < 1.29 is 9.53 Å². The average molecular weight is 554 g/mol. The highest BCUT2D eigenvalue weighted by Gasteiger charge is 2.34. The van der Waals surface area contributed by atoms with E-state index in [0.29, 0.717) is 23.3 Å². The third-order valence-electron chi connectivity index (χ3n) is 7.07. The van der Waals surface area contributed by atoms with Gasteiger partial charge in [0.1, 0.15) is 18.4 Å². The lowest BCUT2D eigenvalue weighted by Gasteiger charge is -2.29. The summed E-state index contributed by atoms with van der Waals surface area (Å²) in [7, 11) is 0. The number of rotatable bonds is 9. The van der Waals surface area contributed by atoms with Gasteiger partial charge in [0, 0.05) is 17.1 Å². The number of aromatic nitrogens is 3. The van der Waals surface area contributed by atoms with Gasteiger partial charge in [-0.15, -0.1) is 5.10 Å². The lowest BCUT2D eigenvalue weighted by molar-refractivity contribution is -0.113. The zero-order valence-electron chi connectivity index (χ0n) is 23.6. The number of thioether (sulfide) groups is 1. The number of nitrogens with one attached hydrogen (secondary N) is 2. The second kappa shape index (κ2) is 12.0. The summed E-state index contributed by atoms with van der Waals surface area (Å²) in [5.74, 6) is 2.09. The molecule has 7 nitrogen and oxygen atoms in total. The van der Waals surface area contributed by atoms with Crippen LogP contribution in [-0.2, 0) is 11.4 Å². The van der Waals surface area contributed by atoms with Crippen molar-refractivity contribution in [3.63, 3.8) is 0 Å². The van der Waals surface area contributed by atoms with Gasteiger partial charge in [-0.25, -0.2) is 4.68 Å². The molecule has 8 heteroatoms. The number of hydrogen-bond acceptors (Lipinski definition) is 6. The molecule has 0 saturated carbocycles. The summed E-state index contributed by atoms with van der Waals surface area (Å²) in [6, 6.07) is 21.7. The minimum Gasteiger partial charge on any atom is -0.489 e. The zero-order valence-corrected chi connectivity index (χ0v) is 24.4. The van der Waals surface area contributed by atoms with Gasteiger partial charge in [-0.1, -0.05) is 72.8 Å². The second-order valence-electron chi connectivity index (χ2n) is 10.1. The number of anilines is 2. The van der Waals surface area contributed by atoms with Crippen LogP contribution in [0.1, 0.15) is 54.1 Å². The number of nitrogens with zero attached hydrogens (tertiary/aromatic N) is 3. The summed E-state index contributed by atoms with van der Waals surface area (Å²) >= 11 is 1.61. The quantitative estimate of drug-likeness (QED) is 0.213. The number of amides is 1. The first-order valence-electron chi connectivity index (χ1n) is 13.6. The number of carbonyl (C=O) groups excluding carboxylic acids is 1. The first-order chi connectivity index (χ1) is 19.3. The highest BCUT2D eigenvalue weighted by molar-refractivity contribution is 7.99. The maximum Gasteiger partial charge on any atom is 0.255 e. The molecule has 2 N–H and O–H groups in total. The van der Waals surface area contributed by atoms with Gasteiger partial charge in [-0.05, 0) is 74.6 Å². The molecular formula is C32H35N5O2S. The third kappa shape index (κ3) is 5.92. The molecule has 0 spiro atoms. The van der Waals surface area contributed by atoms with Gasteiger partial charge >= 0.3 is 0 Å². The van der Waals surface area contributed by atoms with Crippen LogP contribution in [0.4, 0.5) is 11.6 Å². The molecule has 0 bridgehead atoms. The van der Waals surface area contributed by atoms with Crippen LogP contribution in [0, 0.1) is 20.8 Å². The Morgan fingerprint density at radius 2 is 1.82 bits per heavy atom. The molecular weight excluding hydrogens is 518 g/mol. The maximum atomic E-state index is 13.9. The molecule has 5 rings (SSSR count). The summed E-state index contributed by atoms with van der Waals surface area (Å²) in [6.45, 7) is 10.6. The van der Waals surface area contributed by atoms with E-state index in [1.165, 1.54) is 5.56 Å². The fourth-order valence-corrected chi connectivity index (χ4v) is 5.37. The Bertz CT molecular complexity index is 1560. The minimum atomic E-state index is -0.479. The number of carbonyl (C=O) groups is 1. The molecule has 1 aliphatic rings. The maximum absolute atomic E-state index is 13.9. The van der Waals surface area contributed by atoms with Gasteiger partial charge in [-0.3, -0.25) is 4.79 Å². The molecule has 1 aromatic heterocycles. The van der Waals surface area contributed by atoms with Gasteiger partial charge in [0.2, 0.25) is 11.1 Å². The monoisotopic (exact) mass is 553 g/mol. The topological polar surface area (TPSA) is 81.1 Å². The molecule has 1 atom stereocenters. The Labute approximate surface area is 240 Å². The Morgan fingerprint density at radius 1 is 1.05 bits per heavy atom. The molecule has 0 aliphatic carbocycles. The van der Waals surface area contributed by atoms with Crippen LogP contribution in [0.25, 0.3) is 0 Å². The van der Waals surface area contributed by atoms with E-state index in [0.717, 1.165) is 51.6 Å². The van der Waals surface area contributed by atoms with E-state index in [1.807, 2.05) is 67.9 Å². The molecule has 40 heavy (non-hydrogen) atoms. The van der Waals surface area contributed by atoms with E-state index in [9.17, 15) is 4.79 Å². The van der Waals surface area contributed by atoms with Crippen molar-refractivity contribution in [2.75, 3.05) is 16.4 Å². The average Bonchev–Trinajstić information content (AvgIpc) is 3.35. The van der Waals surface area contributed by atoms with Crippen LogP contribution < -0.4 is 15.4 Å². The normalized spacial score (nSPS) is 14.5. The van der Waals surface area contributed by atoms with Crippen LogP contribution in [0.5, 0.6) is 5.75 Å². The molecule has 0 fully saturated rings. The van der Waals surface area contributed by atoms with Crippen molar-refractivity contribution in [1.82, 2.24) is 14.8 Å². The van der Waals surface area contributed by atoms with Crippen molar-refractivity contribution in [3.05, 3.63) is 106 Å². The second-order valence-corrected chi connectivity index (χ2v) is 11.2. The number of ether oxygens (including phenoxy) is 1. The summed E-state index contributed by atoms with van der Waals surface area (Å²) in [6.07, 6.45) is 1.02. The largest absolute Gasteiger partial charge is 0.489 e. The van der Waals surface area contributed by atoms with Gasteiger partial charge in [0.25, 0.3) is 5.91 Å². The summed E-state index contributed by atoms with van der Waals surface area (Å²) < 4.78 is 8.00. The van der Waals surface area contributed by atoms with Crippen LogP contribution in [0.15, 0.2) is 83.2 Å². The highest BCUT2D eigenvalue weighted by atomic mass is 32.2. The molecule has 0 radical (unpaired) electrons. The predicted molar refractivity (Wildman–Crippen MR) is 162 cm³/mol. The number of aryl methyl sites for hydroxylation is 2. The Balaban J connectivity index is 1.50. The fourth-order valence-electron chi connectivity index (χ4n) is 4.69. The van der Waals surface area contributed by atoms with E-state index < -0.39 is 6.04 Å². The number of fused-ring (bicyclic) bond motifs is 1. The molecule has 1 amide bonds. The smallest absolute Gasteiger partial charge is 0.255 e. The molecule has 0 saturated heterocycles. The van der Waals surface area contributed by atoms with Crippen LogP contribution in [-0.4, -0.2) is 26.4 Å². The summed E-state index contributed by atoms with van der Waals surface area (Å²) in [5.41, 5.74) is 7.49. The Hall–Kier alpha value is -4.04. The van der Waals surface area contributed by atoms with E-state index in [4.69, 9.17) is 14.8 Å². The summed E-state index contributed by atoms with van der Waals surface area (Å²) in [4.78, 5) is 18.7.